The monoisotopic (exact) mass is 549 g/mol. The zero-order chi connectivity index (χ0) is 26.2. The van der Waals surface area contributed by atoms with Crippen molar-refractivity contribution in [3.05, 3.63) is 115 Å². The van der Waals surface area contributed by atoms with Crippen LogP contribution in [0.15, 0.2) is 115 Å². The van der Waals surface area contributed by atoms with Crippen LogP contribution in [-0.2, 0) is 0 Å². The molecule has 4 aromatic heterocycles. The van der Waals surface area contributed by atoms with Crippen molar-refractivity contribution in [2.24, 2.45) is 0 Å². The minimum atomic E-state index is 0.914. The molecule has 0 saturated carbocycles. The Morgan fingerprint density at radius 2 is 1.05 bits per heavy atom. The summed E-state index contributed by atoms with van der Waals surface area (Å²) in [6.07, 6.45) is 0. The fourth-order valence-electron chi connectivity index (χ4n) is 5.54. The van der Waals surface area contributed by atoms with E-state index in [4.69, 9.17) is 15.0 Å². The number of hydrogen-bond acceptors (Lipinski definition) is 5. The van der Waals surface area contributed by atoms with E-state index in [9.17, 15) is 0 Å². The lowest BCUT2D eigenvalue weighted by atomic mass is 10.2. The minimum absolute atomic E-state index is 0.914. The van der Waals surface area contributed by atoms with Crippen molar-refractivity contribution in [1.82, 2.24) is 23.9 Å². The smallest absolute Gasteiger partial charge is 0.220 e. The van der Waals surface area contributed by atoms with E-state index in [1.54, 1.807) is 22.7 Å². The molecule has 0 aliphatic heterocycles. The van der Waals surface area contributed by atoms with Crippen LogP contribution in [0.1, 0.15) is 0 Å². The summed E-state index contributed by atoms with van der Waals surface area (Å²) < 4.78 is 6.80. The van der Waals surface area contributed by atoms with E-state index in [0.717, 1.165) is 75.1 Å². The molecular weight excluding hydrogens is 531 g/mol. The van der Waals surface area contributed by atoms with E-state index in [-0.39, 0.29) is 0 Å². The molecule has 0 atom stereocenters. The lowest BCUT2D eigenvalue weighted by Crippen LogP contribution is -1.95. The molecule has 7 heteroatoms. The molecule has 5 aromatic carbocycles. The van der Waals surface area contributed by atoms with Crippen molar-refractivity contribution in [3.63, 3.8) is 0 Å². The number of benzene rings is 5. The maximum absolute atomic E-state index is 5.01. The Morgan fingerprint density at radius 3 is 1.75 bits per heavy atom. The quantitative estimate of drug-likeness (QED) is 0.221. The van der Waals surface area contributed by atoms with Crippen molar-refractivity contribution in [2.45, 2.75) is 0 Å². The average molecular weight is 550 g/mol. The van der Waals surface area contributed by atoms with Crippen LogP contribution in [0.5, 0.6) is 0 Å². The first-order valence-electron chi connectivity index (χ1n) is 13.0. The molecule has 0 fully saturated rings. The molecule has 0 radical (unpaired) electrons. The first-order chi connectivity index (χ1) is 19.8. The van der Waals surface area contributed by atoms with Gasteiger partial charge in [0.2, 0.25) is 5.78 Å². The van der Waals surface area contributed by atoms with Crippen molar-refractivity contribution >= 4 is 71.0 Å². The Morgan fingerprint density at radius 1 is 0.475 bits per heavy atom. The summed E-state index contributed by atoms with van der Waals surface area (Å²) >= 11 is 3.43. The number of hydrogen-bond donors (Lipinski definition) is 0. The van der Waals surface area contributed by atoms with E-state index in [2.05, 4.69) is 112 Å². The minimum Gasteiger partial charge on any atom is -0.278 e. The molecular formula is C33H19N5S2. The van der Waals surface area contributed by atoms with Crippen LogP contribution in [0, 0.1) is 0 Å². The van der Waals surface area contributed by atoms with E-state index in [1.165, 1.54) is 0 Å². The van der Waals surface area contributed by atoms with E-state index < -0.39 is 0 Å². The molecule has 4 heterocycles. The van der Waals surface area contributed by atoms with E-state index >= 15 is 0 Å². The van der Waals surface area contributed by atoms with Gasteiger partial charge in [-0.2, -0.15) is 0 Å². The summed E-state index contributed by atoms with van der Waals surface area (Å²) in [6.45, 7) is 0. The fourth-order valence-corrected chi connectivity index (χ4v) is 7.51. The van der Waals surface area contributed by atoms with Crippen LogP contribution in [-0.4, -0.2) is 23.9 Å². The van der Waals surface area contributed by atoms with Crippen molar-refractivity contribution < 1.29 is 0 Å². The predicted molar refractivity (Wildman–Crippen MR) is 167 cm³/mol. The number of fused-ring (bicyclic) bond motifs is 7. The Hall–Kier alpha value is -4.85. The summed E-state index contributed by atoms with van der Waals surface area (Å²) in [4.78, 5) is 14.9. The van der Waals surface area contributed by atoms with E-state index in [0.29, 0.717) is 0 Å². The lowest BCUT2D eigenvalue weighted by molar-refractivity contribution is 1.11. The molecule has 0 aliphatic carbocycles. The van der Waals surface area contributed by atoms with Gasteiger partial charge in [0.05, 0.1) is 42.5 Å². The van der Waals surface area contributed by atoms with Crippen LogP contribution < -0.4 is 0 Å². The zero-order valence-corrected chi connectivity index (χ0v) is 22.7. The molecule has 40 heavy (non-hydrogen) atoms. The van der Waals surface area contributed by atoms with Crippen LogP contribution >= 0.6 is 22.7 Å². The zero-order valence-electron chi connectivity index (χ0n) is 21.0. The second-order valence-corrected chi connectivity index (χ2v) is 11.9. The van der Waals surface area contributed by atoms with Gasteiger partial charge in [0.25, 0.3) is 0 Å². The highest BCUT2D eigenvalue weighted by Crippen LogP contribution is 2.37. The number of thiazole rings is 2. The van der Waals surface area contributed by atoms with Gasteiger partial charge in [0.15, 0.2) is 0 Å². The Labute approximate surface area is 236 Å². The fraction of sp³-hybridized carbons (Fsp3) is 0. The number of nitrogens with zero attached hydrogens (tertiary/aromatic N) is 5. The molecule has 0 saturated heterocycles. The van der Waals surface area contributed by atoms with Crippen LogP contribution in [0.2, 0.25) is 0 Å². The first-order valence-corrected chi connectivity index (χ1v) is 14.7. The molecule has 0 amide bonds. The molecule has 0 N–H and O–H groups in total. The summed E-state index contributed by atoms with van der Waals surface area (Å²) in [7, 11) is 0. The second kappa shape index (κ2) is 8.32. The maximum Gasteiger partial charge on any atom is 0.220 e. The average Bonchev–Trinajstić information content (AvgIpc) is 3.76. The number of imidazole rings is 2. The number of rotatable bonds is 3. The van der Waals surface area contributed by atoms with E-state index in [1.807, 2.05) is 12.1 Å². The molecule has 0 spiro atoms. The highest BCUT2D eigenvalue weighted by molar-refractivity contribution is 7.23. The Bertz CT molecular complexity index is 2320. The van der Waals surface area contributed by atoms with Gasteiger partial charge < -0.3 is 0 Å². The highest BCUT2D eigenvalue weighted by Gasteiger charge is 2.17. The molecule has 9 aromatic rings. The third kappa shape index (κ3) is 3.22. The standard InChI is InChI=1S/C33H19N5S2/c1-2-8-20(9-3-1)31-34-24-18-30-25(19-29(24)39-31)35-32(40-30)21-14-16-22(17-15-21)37-27-12-6-7-13-28(27)38-26-11-5-4-10-23(26)36-33(37)38/h1-19H. The molecule has 9 rings (SSSR count). The molecule has 0 aliphatic rings. The first kappa shape index (κ1) is 22.0. The van der Waals surface area contributed by atoms with Crippen LogP contribution in [0.4, 0.5) is 0 Å². The maximum atomic E-state index is 5.01. The van der Waals surface area contributed by atoms with Crippen molar-refractivity contribution in [2.75, 3.05) is 0 Å². The van der Waals surface area contributed by atoms with Gasteiger partial charge >= 0.3 is 0 Å². The third-order valence-electron chi connectivity index (χ3n) is 7.40. The van der Waals surface area contributed by atoms with Crippen molar-refractivity contribution in [1.29, 1.82) is 0 Å². The number of para-hydroxylation sites is 4. The highest BCUT2D eigenvalue weighted by atomic mass is 32.1. The van der Waals surface area contributed by atoms with Gasteiger partial charge in [0.1, 0.15) is 10.0 Å². The summed E-state index contributed by atoms with van der Waals surface area (Å²) in [6, 6.07) is 40.1. The molecule has 0 unspecified atom stereocenters. The second-order valence-electron chi connectivity index (χ2n) is 9.80. The van der Waals surface area contributed by atoms with Gasteiger partial charge in [-0.1, -0.05) is 54.6 Å². The van der Waals surface area contributed by atoms with Gasteiger partial charge in [-0.25, -0.2) is 15.0 Å². The molecule has 0 bridgehead atoms. The lowest BCUT2D eigenvalue weighted by Gasteiger charge is -2.06. The number of aromatic nitrogens is 5. The Balaban J connectivity index is 1.13. The van der Waals surface area contributed by atoms with Crippen LogP contribution in [0.3, 0.4) is 0 Å². The van der Waals surface area contributed by atoms with Gasteiger partial charge in [0, 0.05) is 16.8 Å². The van der Waals surface area contributed by atoms with Crippen LogP contribution in [0.25, 0.3) is 75.1 Å². The Kier molecular flexibility index (Phi) is 4.58. The van der Waals surface area contributed by atoms with Gasteiger partial charge in [-0.05, 0) is 60.7 Å². The molecule has 188 valence electrons. The van der Waals surface area contributed by atoms with Gasteiger partial charge in [-0.15, -0.1) is 22.7 Å². The van der Waals surface area contributed by atoms with Crippen molar-refractivity contribution in [3.8, 4) is 26.8 Å². The summed E-state index contributed by atoms with van der Waals surface area (Å²) in [5.41, 5.74) is 9.75. The largest absolute Gasteiger partial charge is 0.278 e. The normalized spacial score (nSPS) is 12.0. The van der Waals surface area contributed by atoms with Gasteiger partial charge in [-0.3, -0.25) is 8.97 Å². The summed E-state index contributed by atoms with van der Waals surface area (Å²) in [5, 5.41) is 2.05. The molecule has 5 nitrogen and oxygen atoms in total. The SMILES string of the molecule is c1ccc(-c2nc3cc4sc(-c5ccc(-n6c7ccccc7n7c8ccccc8nc67)cc5)nc4cc3s2)cc1. The topological polar surface area (TPSA) is 48.0 Å². The summed E-state index contributed by atoms with van der Waals surface area (Å²) in [5.74, 6) is 0.914. The third-order valence-corrected chi connectivity index (χ3v) is 9.53. The predicted octanol–water partition coefficient (Wildman–Crippen LogP) is 8.98.